The van der Waals surface area contributed by atoms with Crippen molar-refractivity contribution in [2.45, 2.75) is 33.1 Å². The molecule has 0 saturated heterocycles. The van der Waals surface area contributed by atoms with Crippen molar-refractivity contribution in [3.8, 4) is 5.75 Å². The number of hydrogen-bond donors (Lipinski definition) is 1. The SMILES string of the molecule is Cc1cc([C@@H](C)O)ccc1OCc1nccn1C(F)F. The Balaban J connectivity index is 2.09. The summed E-state index contributed by atoms with van der Waals surface area (Å²) in [6.07, 6.45) is 1.97. The zero-order valence-corrected chi connectivity index (χ0v) is 11.3. The first-order chi connectivity index (χ1) is 9.49. The number of hydrogen-bond acceptors (Lipinski definition) is 3. The molecule has 1 heterocycles. The van der Waals surface area contributed by atoms with Gasteiger partial charge in [0.05, 0.1) is 6.10 Å². The molecular formula is C14H16F2N2O2. The maximum Gasteiger partial charge on any atom is 0.320 e. The highest BCUT2D eigenvalue weighted by Gasteiger charge is 2.12. The lowest BCUT2D eigenvalue weighted by Gasteiger charge is -2.12. The number of ether oxygens (including phenoxy) is 1. The molecule has 108 valence electrons. The lowest BCUT2D eigenvalue weighted by Crippen LogP contribution is -2.07. The second kappa shape index (κ2) is 6.00. The maximum absolute atomic E-state index is 12.6. The van der Waals surface area contributed by atoms with E-state index in [-0.39, 0.29) is 12.4 Å². The molecule has 1 N–H and O–H groups in total. The summed E-state index contributed by atoms with van der Waals surface area (Å²) in [5, 5.41) is 9.48. The summed E-state index contributed by atoms with van der Waals surface area (Å²) in [6, 6.07) is 5.26. The molecule has 0 fully saturated rings. The van der Waals surface area contributed by atoms with Gasteiger partial charge in [-0.15, -0.1) is 0 Å². The second-order valence-corrected chi connectivity index (χ2v) is 4.52. The zero-order valence-electron chi connectivity index (χ0n) is 11.3. The van der Waals surface area contributed by atoms with Gasteiger partial charge in [-0.05, 0) is 37.1 Å². The highest BCUT2D eigenvalue weighted by atomic mass is 19.3. The van der Waals surface area contributed by atoms with Crippen LogP contribution in [0.4, 0.5) is 8.78 Å². The van der Waals surface area contributed by atoms with E-state index in [1.54, 1.807) is 25.1 Å². The number of aliphatic hydroxyl groups is 1. The minimum atomic E-state index is -2.63. The highest BCUT2D eigenvalue weighted by molar-refractivity contribution is 5.36. The van der Waals surface area contributed by atoms with Gasteiger partial charge in [0.25, 0.3) is 0 Å². The van der Waals surface area contributed by atoms with E-state index in [0.29, 0.717) is 5.75 Å². The molecule has 1 aromatic carbocycles. The summed E-state index contributed by atoms with van der Waals surface area (Å²) in [7, 11) is 0. The van der Waals surface area contributed by atoms with Gasteiger partial charge in [-0.2, -0.15) is 8.78 Å². The number of benzene rings is 1. The number of halogens is 2. The molecule has 2 aromatic rings. The lowest BCUT2D eigenvalue weighted by atomic mass is 10.1. The first kappa shape index (κ1) is 14.5. The van der Waals surface area contributed by atoms with Gasteiger partial charge in [0, 0.05) is 12.4 Å². The first-order valence-electron chi connectivity index (χ1n) is 6.20. The van der Waals surface area contributed by atoms with Crippen LogP contribution in [-0.4, -0.2) is 14.7 Å². The molecule has 0 radical (unpaired) electrons. The molecule has 2 rings (SSSR count). The largest absolute Gasteiger partial charge is 0.485 e. The minimum Gasteiger partial charge on any atom is -0.485 e. The van der Waals surface area contributed by atoms with E-state index in [2.05, 4.69) is 4.98 Å². The van der Waals surface area contributed by atoms with Crippen LogP contribution in [-0.2, 0) is 6.61 Å². The van der Waals surface area contributed by atoms with Crippen LogP contribution >= 0.6 is 0 Å². The van der Waals surface area contributed by atoms with Crippen LogP contribution in [0, 0.1) is 6.92 Å². The van der Waals surface area contributed by atoms with Crippen molar-refractivity contribution in [1.29, 1.82) is 0 Å². The van der Waals surface area contributed by atoms with Crippen molar-refractivity contribution >= 4 is 0 Å². The van der Waals surface area contributed by atoms with Crippen LogP contribution in [0.3, 0.4) is 0 Å². The monoisotopic (exact) mass is 282 g/mol. The fourth-order valence-corrected chi connectivity index (χ4v) is 1.87. The average molecular weight is 282 g/mol. The maximum atomic E-state index is 12.6. The minimum absolute atomic E-state index is 0.0355. The van der Waals surface area contributed by atoms with Crippen molar-refractivity contribution in [3.63, 3.8) is 0 Å². The van der Waals surface area contributed by atoms with Gasteiger partial charge < -0.3 is 9.84 Å². The van der Waals surface area contributed by atoms with Crippen LogP contribution in [0.15, 0.2) is 30.6 Å². The van der Waals surface area contributed by atoms with Crippen molar-refractivity contribution in [2.75, 3.05) is 0 Å². The van der Waals surface area contributed by atoms with Crippen molar-refractivity contribution < 1.29 is 18.6 Å². The summed E-state index contributed by atoms with van der Waals surface area (Å²) in [5.74, 6) is 0.747. The molecule has 0 aliphatic heterocycles. The average Bonchev–Trinajstić information content (AvgIpc) is 2.85. The number of alkyl halides is 2. The van der Waals surface area contributed by atoms with E-state index >= 15 is 0 Å². The Hall–Kier alpha value is -1.95. The molecule has 0 spiro atoms. The predicted octanol–water partition coefficient (Wildman–Crippen LogP) is 3.22. The van der Waals surface area contributed by atoms with Gasteiger partial charge in [-0.1, -0.05) is 6.07 Å². The zero-order chi connectivity index (χ0) is 14.7. The number of aryl methyl sites for hydroxylation is 1. The Kier molecular flexibility index (Phi) is 4.34. The molecule has 0 bridgehead atoms. The Morgan fingerprint density at radius 2 is 2.15 bits per heavy atom. The summed E-state index contributed by atoms with van der Waals surface area (Å²) in [4.78, 5) is 3.85. The molecule has 4 nitrogen and oxygen atoms in total. The normalized spacial score (nSPS) is 12.7. The van der Waals surface area contributed by atoms with E-state index in [0.717, 1.165) is 15.7 Å². The topological polar surface area (TPSA) is 47.3 Å². The Morgan fingerprint density at radius 3 is 2.75 bits per heavy atom. The molecule has 20 heavy (non-hydrogen) atoms. The number of aromatic nitrogens is 2. The molecule has 1 atom stereocenters. The third-order valence-corrected chi connectivity index (χ3v) is 3.00. The lowest BCUT2D eigenvalue weighted by molar-refractivity contribution is 0.0632. The summed E-state index contributed by atoms with van der Waals surface area (Å²) < 4.78 is 31.6. The second-order valence-electron chi connectivity index (χ2n) is 4.52. The number of aliphatic hydroxyl groups excluding tert-OH is 1. The number of rotatable bonds is 5. The Bertz CT molecular complexity index is 582. The van der Waals surface area contributed by atoms with Gasteiger partial charge in [0.1, 0.15) is 12.4 Å². The molecule has 6 heteroatoms. The van der Waals surface area contributed by atoms with E-state index in [1.807, 2.05) is 6.92 Å². The van der Waals surface area contributed by atoms with Gasteiger partial charge in [-0.3, -0.25) is 4.57 Å². The molecule has 0 aliphatic carbocycles. The Labute approximate surface area is 115 Å². The van der Waals surface area contributed by atoms with Crippen LogP contribution in [0.25, 0.3) is 0 Å². The van der Waals surface area contributed by atoms with E-state index in [4.69, 9.17) is 4.74 Å². The molecule has 1 aromatic heterocycles. The summed E-state index contributed by atoms with van der Waals surface area (Å²) >= 11 is 0. The summed E-state index contributed by atoms with van der Waals surface area (Å²) in [5.41, 5.74) is 1.61. The third-order valence-electron chi connectivity index (χ3n) is 3.00. The first-order valence-corrected chi connectivity index (χ1v) is 6.20. The van der Waals surface area contributed by atoms with E-state index in [1.165, 1.54) is 12.4 Å². The van der Waals surface area contributed by atoms with Crippen molar-refractivity contribution in [3.05, 3.63) is 47.5 Å². The highest BCUT2D eigenvalue weighted by Crippen LogP contribution is 2.23. The van der Waals surface area contributed by atoms with Crippen LogP contribution < -0.4 is 4.74 Å². The Morgan fingerprint density at radius 1 is 1.40 bits per heavy atom. The van der Waals surface area contributed by atoms with Crippen molar-refractivity contribution in [2.24, 2.45) is 0 Å². The van der Waals surface area contributed by atoms with Gasteiger partial charge in [-0.25, -0.2) is 4.98 Å². The molecular weight excluding hydrogens is 266 g/mol. The third kappa shape index (κ3) is 3.14. The van der Waals surface area contributed by atoms with Gasteiger partial charge in [0.15, 0.2) is 5.82 Å². The van der Waals surface area contributed by atoms with Crippen LogP contribution in [0.2, 0.25) is 0 Å². The molecule has 0 amide bonds. The quantitative estimate of drug-likeness (QED) is 0.916. The van der Waals surface area contributed by atoms with Crippen LogP contribution in [0.5, 0.6) is 5.75 Å². The van der Waals surface area contributed by atoms with Crippen molar-refractivity contribution in [1.82, 2.24) is 9.55 Å². The number of imidazole rings is 1. The smallest absolute Gasteiger partial charge is 0.320 e. The fraction of sp³-hybridized carbons (Fsp3) is 0.357. The van der Waals surface area contributed by atoms with Crippen LogP contribution in [0.1, 0.15) is 36.5 Å². The molecule has 0 aliphatic rings. The standard InChI is InChI=1S/C14H16F2N2O2/c1-9-7-11(10(2)19)3-4-12(9)20-8-13-17-5-6-18(13)14(15)16/h3-7,10,14,19H,8H2,1-2H3/t10-/m1/s1. The molecule has 0 unspecified atom stereocenters. The predicted molar refractivity (Wildman–Crippen MR) is 69.6 cm³/mol. The van der Waals surface area contributed by atoms with Gasteiger partial charge in [0.2, 0.25) is 0 Å². The fourth-order valence-electron chi connectivity index (χ4n) is 1.87. The molecule has 0 saturated carbocycles. The number of nitrogens with zero attached hydrogens (tertiary/aromatic N) is 2. The summed E-state index contributed by atoms with van der Waals surface area (Å²) in [6.45, 7) is 0.844. The van der Waals surface area contributed by atoms with E-state index in [9.17, 15) is 13.9 Å². The van der Waals surface area contributed by atoms with E-state index < -0.39 is 12.7 Å². The van der Waals surface area contributed by atoms with Gasteiger partial charge >= 0.3 is 6.55 Å².